The topological polar surface area (TPSA) is 113 Å². The lowest BCUT2D eigenvalue weighted by Crippen LogP contribution is -2.50. The Morgan fingerprint density at radius 1 is 1.33 bits per heavy atom. The molecule has 1 atom stereocenters. The van der Waals surface area contributed by atoms with Gasteiger partial charge in [-0.15, -0.1) is 0 Å². The number of carboxylic acid groups (broad SMARTS) is 1. The van der Waals surface area contributed by atoms with E-state index in [-0.39, 0.29) is 13.0 Å². The molecule has 0 saturated carbocycles. The first-order valence-corrected chi connectivity index (χ1v) is 7.37. The molecule has 1 unspecified atom stereocenters. The Bertz CT molecular complexity index is 416. The molecule has 2 amide bonds. The molecule has 0 radical (unpaired) electrons. The second-order valence-electron chi connectivity index (χ2n) is 4.66. The van der Waals surface area contributed by atoms with E-state index in [0.29, 0.717) is 0 Å². The van der Waals surface area contributed by atoms with Gasteiger partial charge in [0.15, 0.2) is 9.84 Å². The Balaban J connectivity index is 4.41. The largest absolute Gasteiger partial charge is 0.480 e. The molecule has 3 N–H and O–H groups in total. The monoisotopic (exact) mass is 280 g/mol. The van der Waals surface area contributed by atoms with Gasteiger partial charge in [-0.05, 0) is 20.3 Å². The molecule has 0 spiro atoms. The van der Waals surface area contributed by atoms with E-state index in [2.05, 4.69) is 10.6 Å². The third kappa shape index (κ3) is 4.91. The van der Waals surface area contributed by atoms with Gasteiger partial charge >= 0.3 is 12.0 Å². The zero-order chi connectivity index (χ0) is 14.6. The molecule has 0 fully saturated rings. The summed E-state index contributed by atoms with van der Waals surface area (Å²) in [5.41, 5.74) is 0. The van der Waals surface area contributed by atoms with Crippen LogP contribution in [0.15, 0.2) is 0 Å². The van der Waals surface area contributed by atoms with Crippen molar-refractivity contribution in [1.82, 2.24) is 10.6 Å². The quantitative estimate of drug-likeness (QED) is 0.632. The summed E-state index contributed by atoms with van der Waals surface area (Å²) in [6.07, 6.45) is 1.33. The predicted octanol–water partition coefficient (Wildman–Crippen LogP) is -0.0280. The zero-order valence-corrected chi connectivity index (χ0v) is 11.8. The fourth-order valence-corrected chi connectivity index (χ4v) is 1.31. The number of nitrogens with one attached hydrogen (secondary N) is 2. The molecule has 0 aliphatic rings. The summed E-state index contributed by atoms with van der Waals surface area (Å²) >= 11 is 0. The van der Waals surface area contributed by atoms with Gasteiger partial charge in [0.2, 0.25) is 0 Å². The fourth-order valence-electron chi connectivity index (χ4n) is 0.972. The van der Waals surface area contributed by atoms with E-state index in [4.69, 9.17) is 5.11 Å². The van der Waals surface area contributed by atoms with Crippen molar-refractivity contribution in [3.8, 4) is 0 Å². The highest BCUT2D eigenvalue weighted by molar-refractivity contribution is 7.92. The first kappa shape index (κ1) is 16.7. The Kier molecular flexibility index (Phi) is 5.59. The number of urea groups is 1. The van der Waals surface area contributed by atoms with E-state index < -0.39 is 32.6 Å². The molecule has 0 heterocycles. The van der Waals surface area contributed by atoms with Crippen LogP contribution in [0, 0.1) is 0 Å². The van der Waals surface area contributed by atoms with Gasteiger partial charge in [0, 0.05) is 12.8 Å². The van der Waals surface area contributed by atoms with Crippen LogP contribution in [0.4, 0.5) is 4.79 Å². The number of carboxylic acids is 1. The molecule has 0 rings (SSSR count). The van der Waals surface area contributed by atoms with E-state index in [9.17, 15) is 18.0 Å². The van der Waals surface area contributed by atoms with Crippen molar-refractivity contribution in [3.63, 3.8) is 0 Å². The lowest BCUT2D eigenvalue weighted by Gasteiger charge is -2.23. The van der Waals surface area contributed by atoms with Crippen LogP contribution < -0.4 is 10.6 Å². The van der Waals surface area contributed by atoms with Crippen LogP contribution in [0.3, 0.4) is 0 Å². The van der Waals surface area contributed by atoms with Crippen molar-refractivity contribution in [1.29, 1.82) is 0 Å². The van der Waals surface area contributed by atoms with Crippen LogP contribution in [0.5, 0.6) is 0 Å². The van der Waals surface area contributed by atoms with Crippen LogP contribution in [0.25, 0.3) is 0 Å². The van der Waals surface area contributed by atoms with E-state index in [1.165, 1.54) is 13.8 Å². The lowest BCUT2D eigenvalue weighted by atomic mass is 10.2. The van der Waals surface area contributed by atoms with Crippen molar-refractivity contribution in [2.45, 2.75) is 38.0 Å². The van der Waals surface area contributed by atoms with Crippen molar-refractivity contribution in [2.24, 2.45) is 0 Å². The smallest absolute Gasteiger partial charge is 0.326 e. The van der Waals surface area contributed by atoms with Gasteiger partial charge in [0.05, 0.1) is 4.75 Å². The second-order valence-corrected chi connectivity index (χ2v) is 7.31. The minimum absolute atomic E-state index is 0.0896. The van der Waals surface area contributed by atoms with E-state index >= 15 is 0 Å². The Labute approximate surface area is 107 Å². The summed E-state index contributed by atoms with van der Waals surface area (Å²) in [5, 5.41) is 13.3. The number of carbonyl (C=O) groups is 2. The third-order valence-corrected chi connectivity index (χ3v) is 4.84. The van der Waals surface area contributed by atoms with Crippen LogP contribution in [-0.2, 0) is 14.6 Å². The van der Waals surface area contributed by atoms with Gasteiger partial charge in [-0.2, -0.15) is 0 Å². The molecule has 106 valence electrons. The fraction of sp³-hybridized carbons (Fsp3) is 0.800. The maximum absolute atomic E-state index is 11.4. The molecule has 0 aliphatic carbocycles. The summed E-state index contributed by atoms with van der Waals surface area (Å²) in [6, 6.07) is -1.67. The molecular weight excluding hydrogens is 260 g/mol. The lowest BCUT2D eigenvalue weighted by molar-refractivity contribution is -0.139. The van der Waals surface area contributed by atoms with E-state index in [1.54, 1.807) is 6.92 Å². The van der Waals surface area contributed by atoms with Crippen LogP contribution in [-0.4, -0.2) is 49.1 Å². The molecule has 7 nitrogen and oxygen atoms in total. The van der Waals surface area contributed by atoms with E-state index in [1.807, 2.05) is 0 Å². The number of aliphatic carboxylic acids is 1. The number of hydrogen-bond acceptors (Lipinski definition) is 4. The molecule has 0 aromatic rings. The summed E-state index contributed by atoms with van der Waals surface area (Å²) < 4.78 is 21.7. The molecule has 18 heavy (non-hydrogen) atoms. The molecule has 8 heteroatoms. The normalized spacial score (nSPS) is 13.8. The average Bonchev–Trinajstić information content (AvgIpc) is 2.21. The molecule has 0 aliphatic heterocycles. The maximum Gasteiger partial charge on any atom is 0.326 e. The van der Waals surface area contributed by atoms with Crippen LogP contribution >= 0.6 is 0 Å². The minimum Gasteiger partial charge on any atom is -0.480 e. The summed E-state index contributed by atoms with van der Waals surface area (Å²) in [5.74, 6) is -1.13. The minimum atomic E-state index is -3.31. The summed E-state index contributed by atoms with van der Waals surface area (Å²) in [6.45, 7) is 4.50. The zero-order valence-electron chi connectivity index (χ0n) is 11.0. The van der Waals surface area contributed by atoms with Crippen LogP contribution in [0.2, 0.25) is 0 Å². The molecule has 0 bridgehead atoms. The highest BCUT2D eigenvalue weighted by Crippen LogP contribution is 2.13. The van der Waals surface area contributed by atoms with Gasteiger partial charge in [-0.1, -0.05) is 6.92 Å². The first-order chi connectivity index (χ1) is 8.01. The number of sulfone groups is 1. The Morgan fingerprint density at radius 2 is 1.83 bits per heavy atom. The standard InChI is InChI=1S/C10H20N2O5S/c1-5-7(8(13)14)12-9(15)11-6-10(2,3)18(4,16)17/h7H,5-6H2,1-4H3,(H,13,14)(H2,11,12,15). The predicted molar refractivity (Wildman–Crippen MR) is 67.2 cm³/mol. The summed E-state index contributed by atoms with van der Waals surface area (Å²) in [4.78, 5) is 22.1. The first-order valence-electron chi connectivity index (χ1n) is 5.48. The van der Waals surface area contributed by atoms with Crippen molar-refractivity contribution in [3.05, 3.63) is 0 Å². The van der Waals surface area contributed by atoms with Gasteiger partial charge < -0.3 is 15.7 Å². The number of carbonyl (C=O) groups excluding carboxylic acids is 1. The number of hydrogen-bond donors (Lipinski definition) is 3. The highest BCUT2D eigenvalue weighted by atomic mass is 32.2. The van der Waals surface area contributed by atoms with E-state index in [0.717, 1.165) is 6.26 Å². The maximum atomic E-state index is 11.4. The number of rotatable bonds is 6. The average molecular weight is 280 g/mol. The number of amides is 2. The summed E-state index contributed by atoms with van der Waals surface area (Å²) in [7, 11) is -3.31. The molecule has 0 saturated heterocycles. The van der Waals surface area contributed by atoms with Gasteiger partial charge in [-0.25, -0.2) is 18.0 Å². The van der Waals surface area contributed by atoms with Gasteiger partial charge in [0.1, 0.15) is 6.04 Å². The van der Waals surface area contributed by atoms with Crippen LogP contribution in [0.1, 0.15) is 27.2 Å². The van der Waals surface area contributed by atoms with Gasteiger partial charge in [-0.3, -0.25) is 0 Å². The highest BCUT2D eigenvalue weighted by Gasteiger charge is 2.30. The Hall–Kier alpha value is -1.31. The SMILES string of the molecule is CCC(NC(=O)NCC(C)(C)S(C)(=O)=O)C(=O)O. The van der Waals surface area contributed by atoms with Crippen molar-refractivity contribution < 1.29 is 23.1 Å². The second kappa shape index (κ2) is 6.03. The molecular formula is C10H20N2O5S. The van der Waals surface area contributed by atoms with Crippen molar-refractivity contribution in [2.75, 3.05) is 12.8 Å². The van der Waals surface area contributed by atoms with Crippen molar-refractivity contribution >= 4 is 21.8 Å². The molecule has 0 aromatic heterocycles. The molecule has 0 aromatic carbocycles. The third-order valence-electron chi connectivity index (χ3n) is 2.69. The van der Waals surface area contributed by atoms with Gasteiger partial charge in [0.25, 0.3) is 0 Å². The Morgan fingerprint density at radius 3 is 2.17 bits per heavy atom.